The van der Waals surface area contributed by atoms with Crippen molar-refractivity contribution in [2.75, 3.05) is 6.54 Å². The molecule has 1 fully saturated rings. The molecule has 0 bridgehead atoms. The zero-order chi connectivity index (χ0) is 8.27. The van der Waals surface area contributed by atoms with E-state index in [1.165, 1.54) is 6.42 Å². The predicted molar refractivity (Wildman–Crippen MR) is 48.3 cm³/mol. The average Bonchev–Trinajstić information content (AvgIpc) is 1.98. The number of hydrogen-bond donors (Lipinski definition) is 0. The molecule has 0 amide bonds. The fraction of sp³-hybridized carbons (Fsp3) is 0.800. The fourth-order valence-electron chi connectivity index (χ4n) is 1.81. The molecule has 0 aromatic carbocycles. The van der Waals surface area contributed by atoms with E-state index in [0.717, 1.165) is 25.0 Å². The Balaban J connectivity index is 2.19. The van der Waals surface area contributed by atoms with Gasteiger partial charge in [0.25, 0.3) is 0 Å². The summed E-state index contributed by atoms with van der Waals surface area (Å²) >= 11 is 0. The van der Waals surface area contributed by atoms with Gasteiger partial charge in [-0.05, 0) is 27.2 Å². The van der Waals surface area contributed by atoms with Crippen LogP contribution >= 0.6 is 0 Å². The number of nitrogens with zero attached hydrogens (tertiary/aromatic N) is 1. The molecule has 0 saturated carbocycles. The molecule has 1 aliphatic rings. The van der Waals surface area contributed by atoms with Gasteiger partial charge in [-0.25, -0.2) is 0 Å². The molecule has 0 aliphatic carbocycles. The third-order valence-corrected chi connectivity index (χ3v) is 2.49. The Kier molecular flexibility index (Phi) is 2.96. The first-order valence-electron chi connectivity index (χ1n) is 4.41. The number of rotatable bonds is 2. The molecular weight excluding hydrogens is 134 g/mol. The van der Waals surface area contributed by atoms with Gasteiger partial charge in [0.1, 0.15) is 0 Å². The Labute approximate surface area is 69.8 Å². The molecule has 2 atom stereocenters. The van der Waals surface area contributed by atoms with Crippen molar-refractivity contribution in [3.8, 4) is 11.8 Å². The summed E-state index contributed by atoms with van der Waals surface area (Å²) in [4.78, 5) is 2.52. The van der Waals surface area contributed by atoms with Gasteiger partial charge in [-0.2, -0.15) is 0 Å². The molecule has 1 rings (SSSR count). The lowest BCUT2D eigenvalue weighted by Crippen LogP contribution is -2.52. The van der Waals surface area contributed by atoms with E-state index in [4.69, 9.17) is 0 Å². The molecule has 1 heteroatoms. The van der Waals surface area contributed by atoms with Gasteiger partial charge in [0.05, 0.1) is 0 Å². The maximum absolute atomic E-state index is 3.10. The summed E-state index contributed by atoms with van der Waals surface area (Å²) in [6.45, 7) is 7.64. The molecule has 1 aliphatic heterocycles. The van der Waals surface area contributed by atoms with Gasteiger partial charge in [0.15, 0.2) is 0 Å². The quantitative estimate of drug-likeness (QED) is 0.545. The summed E-state index contributed by atoms with van der Waals surface area (Å²) in [5, 5.41) is 0. The van der Waals surface area contributed by atoms with Gasteiger partial charge in [0, 0.05) is 25.0 Å². The topological polar surface area (TPSA) is 3.24 Å². The summed E-state index contributed by atoms with van der Waals surface area (Å²) in [6.07, 6.45) is 2.39. The van der Waals surface area contributed by atoms with Crippen molar-refractivity contribution in [3.63, 3.8) is 0 Å². The molecule has 1 heterocycles. The van der Waals surface area contributed by atoms with Crippen LogP contribution in [0.25, 0.3) is 0 Å². The maximum atomic E-state index is 3.10. The minimum absolute atomic E-state index is 0.795. The summed E-state index contributed by atoms with van der Waals surface area (Å²) in [5.74, 6) is 6.02. The predicted octanol–water partition coefficient (Wildman–Crippen LogP) is 1.88. The maximum Gasteiger partial charge on any atom is 0.0217 e. The van der Waals surface area contributed by atoms with Crippen LogP contribution in [0.1, 0.15) is 33.6 Å². The highest BCUT2D eigenvalue weighted by Crippen LogP contribution is 2.24. The molecule has 0 aromatic rings. The van der Waals surface area contributed by atoms with Gasteiger partial charge in [-0.3, -0.25) is 4.90 Å². The standard InChI is InChI=1S/C10H17N/c1-4-5-6-7-11-9(2)8-10(11)3/h9-10H,6-8H2,1-3H3. The Morgan fingerprint density at radius 3 is 2.45 bits per heavy atom. The lowest BCUT2D eigenvalue weighted by molar-refractivity contribution is 0.0407. The zero-order valence-electron chi connectivity index (χ0n) is 7.72. The van der Waals surface area contributed by atoms with E-state index in [-0.39, 0.29) is 0 Å². The SMILES string of the molecule is CC#CCCN1C(C)CC1C. The lowest BCUT2D eigenvalue weighted by Gasteiger charge is -2.45. The molecular formula is C10H17N. The van der Waals surface area contributed by atoms with Gasteiger partial charge < -0.3 is 0 Å². The van der Waals surface area contributed by atoms with Gasteiger partial charge in [-0.1, -0.05) is 0 Å². The second-order valence-electron chi connectivity index (χ2n) is 3.35. The third-order valence-electron chi connectivity index (χ3n) is 2.49. The van der Waals surface area contributed by atoms with Gasteiger partial charge in [-0.15, -0.1) is 11.8 Å². The minimum atomic E-state index is 0.795. The first-order chi connectivity index (χ1) is 5.25. The van der Waals surface area contributed by atoms with Crippen molar-refractivity contribution in [1.82, 2.24) is 4.90 Å². The van der Waals surface area contributed by atoms with E-state index in [2.05, 4.69) is 30.6 Å². The summed E-state index contributed by atoms with van der Waals surface area (Å²) in [5.41, 5.74) is 0. The van der Waals surface area contributed by atoms with Crippen LogP contribution in [0.3, 0.4) is 0 Å². The highest BCUT2D eigenvalue weighted by atomic mass is 15.2. The molecule has 1 saturated heterocycles. The monoisotopic (exact) mass is 151 g/mol. The molecule has 11 heavy (non-hydrogen) atoms. The van der Waals surface area contributed by atoms with E-state index in [1.54, 1.807) is 0 Å². The largest absolute Gasteiger partial charge is 0.297 e. The van der Waals surface area contributed by atoms with Crippen LogP contribution in [-0.2, 0) is 0 Å². The third kappa shape index (κ3) is 1.97. The van der Waals surface area contributed by atoms with E-state index in [1.807, 2.05) is 6.92 Å². The van der Waals surface area contributed by atoms with Crippen molar-refractivity contribution >= 4 is 0 Å². The molecule has 1 nitrogen and oxygen atoms in total. The summed E-state index contributed by atoms with van der Waals surface area (Å²) in [6, 6.07) is 1.59. The fourth-order valence-corrected chi connectivity index (χ4v) is 1.81. The molecule has 0 radical (unpaired) electrons. The van der Waals surface area contributed by atoms with Crippen LogP contribution in [-0.4, -0.2) is 23.5 Å². The molecule has 0 spiro atoms. The molecule has 2 unspecified atom stereocenters. The smallest absolute Gasteiger partial charge is 0.0217 e. The van der Waals surface area contributed by atoms with Gasteiger partial charge in [0.2, 0.25) is 0 Å². The zero-order valence-corrected chi connectivity index (χ0v) is 7.72. The van der Waals surface area contributed by atoms with Crippen LogP contribution in [0, 0.1) is 11.8 Å². The van der Waals surface area contributed by atoms with Crippen LogP contribution in [0.4, 0.5) is 0 Å². The highest BCUT2D eigenvalue weighted by molar-refractivity contribution is 4.97. The highest BCUT2D eigenvalue weighted by Gasteiger charge is 2.30. The van der Waals surface area contributed by atoms with Crippen LogP contribution < -0.4 is 0 Å². The van der Waals surface area contributed by atoms with E-state index in [9.17, 15) is 0 Å². The first-order valence-corrected chi connectivity index (χ1v) is 4.41. The second-order valence-corrected chi connectivity index (χ2v) is 3.35. The Morgan fingerprint density at radius 2 is 2.00 bits per heavy atom. The van der Waals surface area contributed by atoms with Crippen molar-refractivity contribution in [3.05, 3.63) is 0 Å². The minimum Gasteiger partial charge on any atom is -0.297 e. The molecule has 0 aromatic heterocycles. The van der Waals surface area contributed by atoms with Gasteiger partial charge >= 0.3 is 0 Å². The average molecular weight is 151 g/mol. The van der Waals surface area contributed by atoms with Crippen molar-refractivity contribution in [2.24, 2.45) is 0 Å². The summed E-state index contributed by atoms with van der Waals surface area (Å²) in [7, 11) is 0. The first kappa shape index (κ1) is 8.62. The molecule has 62 valence electrons. The van der Waals surface area contributed by atoms with Crippen LogP contribution in [0.5, 0.6) is 0 Å². The summed E-state index contributed by atoms with van der Waals surface area (Å²) < 4.78 is 0. The van der Waals surface area contributed by atoms with E-state index in [0.29, 0.717) is 0 Å². The Hall–Kier alpha value is -0.480. The van der Waals surface area contributed by atoms with Crippen LogP contribution in [0.2, 0.25) is 0 Å². The van der Waals surface area contributed by atoms with Crippen LogP contribution in [0.15, 0.2) is 0 Å². The molecule has 0 N–H and O–H groups in total. The number of likely N-dealkylation sites (tertiary alicyclic amines) is 1. The Bertz CT molecular complexity index is 167. The van der Waals surface area contributed by atoms with Crippen molar-refractivity contribution < 1.29 is 0 Å². The van der Waals surface area contributed by atoms with E-state index >= 15 is 0 Å². The normalized spacial score (nSPS) is 30.5. The van der Waals surface area contributed by atoms with E-state index < -0.39 is 0 Å². The van der Waals surface area contributed by atoms with Crippen molar-refractivity contribution in [2.45, 2.75) is 45.7 Å². The lowest BCUT2D eigenvalue weighted by atomic mass is 9.95. The second kappa shape index (κ2) is 3.78. The number of hydrogen-bond acceptors (Lipinski definition) is 1. The van der Waals surface area contributed by atoms with Crippen molar-refractivity contribution in [1.29, 1.82) is 0 Å². The Morgan fingerprint density at radius 1 is 1.36 bits per heavy atom.